The van der Waals surface area contributed by atoms with Gasteiger partial charge in [-0.25, -0.2) is 0 Å². The van der Waals surface area contributed by atoms with Gasteiger partial charge in [0.2, 0.25) is 0 Å². The number of rotatable bonds is 4. The molecule has 0 bridgehead atoms. The predicted octanol–water partition coefficient (Wildman–Crippen LogP) is 2.85. The molecule has 17 heavy (non-hydrogen) atoms. The minimum Gasteiger partial charge on any atom is -0.391 e. The number of hydrogen-bond donors (Lipinski definition) is 2. The van der Waals surface area contributed by atoms with E-state index in [-0.39, 0.29) is 18.4 Å². The average molecular weight is 321 g/mol. The molecule has 1 aromatic rings. The number of aliphatic hydroxyl groups is 1. The molecule has 0 aliphatic carbocycles. The maximum Gasteiger partial charge on any atom is 0.252 e. The van der Waals surface area contributed by atoms with E-state index >= 15 is 0 Å². The Hall–Kier alpha value is -0.580. The minimum absolute atomic E-state index is 0.109. The normalized spacial score (nSPS) is 12.6. The SMILES string of the molecule is CC(C)C(O)CNC(=O)c1cc(Cl)ccc1Br. The van der Waals surface area contributed by atoms with Crippen LogP contribution in [0.25, 0.3) is 0 Å². The van der Waals surface area contributed by atoms with E-state index in [2.05, 4.69) is 21.2 Å². The summed E-state index contributed by atoms with van der Waals surface area (Å²) >= 11 is 9.11. The van der Waals surface area contributed by atoms with Crippen LogP contribution in [0.5, 0.6) is 0 Å². The van der Waals surface area contributed by atoms with Crippen LogP contribution in [-0.4, -0.2) is 23.7 Å². The van der Waals surface area contributed by atoms with E-state index in [9.17, 15) is 9.90 Å². The van der Waals surface area contributed by atoms with Gasteiger partial charge in [-0.15, -0.1) is 0 Å². The molecule has 0 fully saturated rings. The Morgan fingerprint density at radius 3 is 2.76 bits per heavy atom. The molecule has 5 heteroatoms. The second kappa shape index (κ2) is 6.38. The van der Waals surface area contributed by atoms with Crippen molar-refractivity contribution in [2.24, 2.45) is 5.92 Å². The Morgan fingerprint density at radius 1 is 1.53 bits per heavy atom. The summed E-state index contributed by atoms with van der Waals surface area (Å²) in [5.74, 6) is -0.142. The number of hydrogen-bond acceptors (Lipinski definition) is 2. The lowest BCUT2D eigenvalue weighted by molar-refractivity contribution is 0.0871. The summed E-state index contributed by atoms with van der Waals surface area (Å²) in [5, 5.41) is 12.8. The fourth-order valence-corrected chi connectivity index (χ4v) is 1.80. The van der Waals surface area contributed by atoms with Gasteiger partial charge in [-0.1, -0.05) is 25.4 Å². The summed E-state index contributed by atoms with van der Waals surface area (Å²) in [6.07, 6.45) is -0.545. The van der Waals surface area contributed by atoms with Crippen molar-refractivity contribution in [1.82, 2.24) is 5.32 Å². The fraction of sp³-hybridized carbons (Fsp3) is 0.417. The summed E-state index contributed by atoms with van der Waals surface area (Å²) in [6.45, 7) is 4.02. The van der Waals surface area contributed by atoms with Gasteiger partial charge >= 0.3 is 0 Å². The molecule has 0 aliphatic rings. The van der Waals surface area contributed by atoms with Crippen LogP contribution < -0.4 is 5.32 Å². The molecule has 1 atom stereocenters. The molecule has 0 aromatic heterocycles. The monoisotopic (exact) mass is 319 g/mol. The van der Waals surface area contributed by atoms with Crippen molar-refractivity contribution in [1.29, 1.82) is 0 Å². The first-order chi connectivity index (χ1) is 7.91. The Morgan fingerprint density at radius 2 is 2.18 bits per heavy atom. The first-order valence-electron chi connectivity index (χ1n) is 5.33. The Bertz CT molecular complexity index is 409. The Kier molecular flexibility index (Phi) is 5.43. The van der Waals surface area contributed by atoms with Gasteiger partial charge in [0.15, 0.2) is 0 Å². The van der Waals surface area contributed by atoms with Crippen molar-refractivity contribution in [3.63, 3.8) is 0 Å². The van der Waals surface area contributed by atoms with Gasteiger partial charge in [-0.2, -0.15) is 0 Å². The summed E-state index contributed by atoms with van der Waals surface area (Å²) in [7, 11) is 0. The van der Waals surface area contributed by atoms with E-state index in [1.807, 2.05) is 13.8 Å². The van der Waals surface area contributed by atoms with E-state index in [4.69, 9.17) is 11.6 Å². The number of benzene rings is 1. The summed E-state index contributed by atoms with van der Waals surface area (Å²) in [6, 6.07) is 5.00. The first-order valence-corrected chi connectivity index (χ1v) is 6.50. The molecular weight excluding hydrogens is 305 g/mol. The predicted molar refractivity (Wildman–Crippen MR) is 72.3 cm³/mol. The van der Waals surface area contributed by atoms with Gasteiger partial charge in [-0.3, -0.25) is 4.79 Å². The fourth-order valence-electron chi connectivity index (χ4n) is 1.20. The van der Waals surface area contributed by atoms with Gasteiger partial charge in [0.25, 0.3) is 5.91 Å². The van der Waals surface area contributed by atoms with Crippen LogP contribution in [0.4, 0.5) is 0 Å². The van der Waals surface area contributed by atoms with Crippen LogP contribution >= 0.6 is 27.5 Å². The van der Waals surface area contributed by atoms with E-state index in [0.717, 1.165) is 0 Å². The number of nitrogens with one attached hydrogen (secondary N) is 1. The second-order valence-corrected chi connectivity index (χ2v) is 5.44. The lowest BCUT2D eigenvalue weighted by atomic mass is 10.1. The zero-order valence-electron chi connectivity index (χ0n) is 9.71. The summed E-state index contributed by atoms with van der Waals surface area (Å²) in [4.78, 5) is 11.8. The lowest BCUT2D eigenvalue weighted by Gasteiger charge is -2.15. The smallest absolute Gasteiger partial charge is 0.252 e. The van der Waals surface area contributed by atoms with E-state index in [0.29, 0.717) is 15.1 Å². The third-order valence-corrected chi connectivity index (χ3v) is 3.34. The maximum atomic E-state index is 11.8. The van der Waals surface area contributed by atoms with Crippen LogP contribution in [0.2, 0.25) is 5.02 Å². The maximum absolute atomic E-state index is 11.8. The van der Waals surface area contributed by atoms with E-state index < -0.39 is 6.10 Å². The second-order valence-electron chi connectivity index (χ2n) is 4.15. The van der Waals surface area contributed by atoms with Gasteiger partial charge < -0.3 is 10.4 Å². The Balaban J connectivity index is 2.67. The van der Waals surface area contributed by atoms with Crippen LogP contribution in [0.1, 0.15) is 24.2 Å². The first kappa shape index (κ1) is 14.5. The van der Waals surface area contributed by atoms with Crippen LogP contribution in [0, 0.1) is 5.92 Å². The van der Waals surface area contributed by atoms with Gasteiger partial charge in [0.1, 0.15) is 0 Å². The van der Waals surface area contributed by atoms with Crippen molar-refractivity contribution in [3.8, 4) is 0 Å². The van der Waals surface area contributed by atoms with Crippen molar-refractivity contribution in [3.05, 3.63) is 33.3 Å². The molecule has 0 aliphatic heterocycles. The lowest BCUT2D eigenvalue weighted by Crippen LogP contribution is -2.34. The third kappa shape index (κ3) is 4.30. The molecular formula is C12H15BrClNO2. The zero-order valence-corrected chi connectivity index (χ0v) is 12.0. The zero-order chi connectivity index (χ0) is 13.0. The molecule has 0 radical (unpaired) electrons. The molecule has 1 unspecified atom stereocenters. The quantitative estimate of drug-likeness (QED) is 0.896. The van der Waals surface area contributed by atoms with Crippen molar-refractivity contribution in [2.75, 3.05) is 6.54 Å². The van der Waals surface area contributed by atoms with Gasteiger partial charge in [-0.05, 0) is 40.0 Å². The highest BCUT2D eigenvalue weighted by molar-refractivity contribution is 9.10. The van der Waals surface area contributed by atoms with Crippen molar-refractivity contribution >= 4 is 33.4 Å². The van der Waals surface area contributed by atoms with Crippen LogP contribution in [0.15, 0.2) is 22.7 Å². The minimum atomic E-state index is -0.545. The standard InChI is InChI=1S/C12H15BrClNO2/c1-7(2)11(16)6-15-12(17)9-5-8(14)3-4-10(9)13/h3-5,7,11,16H,6H2,1-2H3,(H,15,17). The number of carbonyl (C=O) groups excluding carboxylic acids is 1. The van der Waals surface area contributed by atoms with Gasteiger partial charge in [0.05, 0.1) is 11.7 Å². The molecule has 2 N–H and O–H groups in total. The van der Waals surface area contributed by atoms with E-state index in [1.165, 1.54) is 0 Å². The molecule has 1 rings (SSSR count). The third-order valence-electron chi connectivity index (χ3n) is 2.41. The highest BCUT2D eigenvalue weighted by Gasteiger charge is 2.14. The van der Waals surface area contributed by atoms with Crippen molar-refractivity contribution in [2.45, 2.75) is 20.0 Å². The molecule has 0 heterocycles. The largest absolute Gasteiger partial charge is 0.391 e. The highest BCUT2D eigenvalue weighted by Crippen LogP contribution is 2.21. The van der Waals surface area contributed by atoms with E-state index in [1.54, 1.807) is 18.2 Å². The molecule has 94 valence electrons. The molecule has 3 nitrogen and oxygen atoms in total. The van der Waals surface area contributed by atoms with Gasteiger partial charge in [0, 0.05) is 16.0 Å². The van der Waals surface area contributed by atoms with Crippen LogP contribution in [-0.2, 0) is 0 Å². The molecule has 0 spiro atoms. The molecule has 0 saturated carbocycles. The number of aliphatic hydroxyl groups excluding tert-OH is 1. The average Bonchev–Trinajstić information content (AvgIpc) is 2.28. The molecule has 1 amide bonds. The number of amides is 1. The van der Waals surface area contributed by atoms with Crippen molar-refractivity contribution < 1.29 is 9.90 Å². The highest BCUT2D eigenvalue weighted by atomic mass is 79.9. The molecule has 1 aromatic carbocycles. The number of carbonyl (C=O) groups is 1. The number of halogens is 2. The topological polar surface area (TPSA) is 49.3 Å². The van der Waals surface area contributed by atoms with Crippen LogP contribution in [0.3, 0.4) is 0 Å². The summed E-state index contributed by atoms with van der Waals surface area (Å²) in [5.41, 5.74) is 0.466. The Labute approximate surface area is 114 Å². The summed E-state index contributed by atoms with van der Waals surface area (Å²) < 4.78 is 0.679. The molecule has 0 saturated heterocycles.